The van der Waals surface area contributed by atoms with E-state index in [-0.39, 0.29) is 6.54 Å². The van der Waals surface area contributed by atoms with Crippen molar-refractivity contribution in [2.45, 2.75) is 19.6 Å². The van der Waals surface area contributed by atoms with Crippen molar-refractivity contribution in [1.29, 1.82) is 0 Å². The molecule has 0 spiro atoms. The lowest BCUT2D eigenvalue weighted by atomic mass is 10.1. The van der Waals surface area contributed by atoms with Gasteiger partial charge in [-0.15, -0.1) is 11.3 Å². The Labute approximate surface area is 165 Å². The molecule has 2 aromatic heterocycles. The zero-order valence-corrected chi connectivity index (χ0v) is 16.4. The van der Waals surface area contributed by atoms with E-state index in [0.29, 0.717) is 34.7 Å². The molecule has 2 heterocycles. The third-order valence-corrected chi connectivity index (χ3v) is 4.83. The molecule has 1 unspecified atom stereocenters. The van der Waals surface area contributed by atoms with E-state index >= 15 is 0 Å². The summed E-state index contributed by atoms with van der Waals surface area (Å²) < 4.78 is 1.97. The van der Waals surface area contributed by atoms with Crippen molar-refractivity contribution in [1.82, 2.24) is 20.0 Å². The maximum atomic E-state index is 10.4. The van der Waals surface area contributed by atoms with Crippen LogP contribution in [0.2, 0.25) is 10.0 Å². The minimum absolute atomic E-state index is 0.279. The molecule has 0 aliphatic heterocycles. The summed E-state index contributed by atoms with van der Waals surface area (Å²) in [6.45, 7) is 3.42. The van der Waals surface area contributed by atoms with Crippen molar-refractivity contribution in [2.24, 2.45) is 4.99 Å². The number of aromatic nitrogens is 2. The number of aliphatic hydroxyl groups excluding tert-OH is 1. The minimum atomic E-state index is -0.756. The Hall–Kier alpha value is -1.80. The van der Waals surface area contributed by atoms with Gasteiger partial charge in [-0.3, -0.25) is 4.40 Å². The van der Waals surface area contributed by atoms with Crippen molar-refractivity contribution in [3.8, 4) is 0 Å². The van der Waals surface area contributed by atoms with Gasteiger partial charge in [0.05, 0.1) is 18.3 Å². The molecule has 3 rings (SSSR count). The summed E-state index contributed by atoms with van der Waals surface area (Å²) in [7, 11) is 0. The quantitative estimate of drug-likeness (QED) is 0.428. The van der Waals surface area contributed by atoms with Crippen LogP contribution in [-0.4, -0.2) is 33.5 Å². The molecule has 6 nitrogen and oxygen atoms in total. The Balaban J connectivity index is 1.62. The fraction of sp³-hybridized carbons (Fsp3) is 0.294. The van der Waals surface area contributed by atoms with Crippen molar-refractivity contribution < 1.29 is 5.11 Å². The molecule has 0 fully saturated rings. The molecule has 0 bridgehead atoms. The van der Waals surface area contributed by atoms with Crippen molar-refractivity contribution >= 4 is 45.5 Å². The van der Waals surface area contributed by atoms with E-state index in [2.05, 4.69) is 20.6 Å². The number of halogens is 2. The summed E-state index contributed by atoms with van der Waals surface area (Å²) in [5.41, 5.74) is 1.54. The molecule has 0 radical (unpaired) electrons. The Morgan fingerprint density at radius 3 is 2.77 bits per heavy atom. The summed E-state index contributed by atoms with van der Waals surface area (Å²) in [6.07, 6.45) is 3.17. The predicted molar refractivity (Wildman–Crippen MR) is 107 cm³/mol. The van der Waals surface area contributed by atoms with Crippen LogP contribution in [-0.2, 0) is 6.54 Å². The highest BCUT2D eigenvalue weighted by atomic mass is 35.5. The number of nitrogens with one attached hydrogen (secondary N) is 2. The zero-order valence-electron chi connectivity index (χ0n) is 14.1. The number of benzene rings is 1. The monoisotopic (exact) mass is 411 g/mol. The average Bonchev–Trinajstić information content (AvgIpc) is 3.17. The maximum Gasteiger partial charge on any atom is 0.193 e. The molecule has 1 aromatic carbocycles. The Morgan fingerprint density at radius 2 is 2.08 bits per heavy atom. The van der Waals surface area contributed by atoms with Crippen LogP contribution in [0, 0.1) is 0 Å². The van der Waals surface area contributed by atoms with Crippen molar-refractivity contribution in [3.05, 3.63) is 57.3 Å². The first kappa shape index (κ1) is 19.0. The van der Waals surface area contributed by atoms with Crippen molar-refractivity contribution in [3.63, 3.8) is 0 Å². The number of nitrogens with zero attached hydrogens (tertiary/aromatic N) is 3. The van der Waals surface area contributed by atoms with Crippen LogP contribution in [0.5, 0.6) is 0 Å². The van der Waals surface area contributed by atoms with Crippen LogP contribution < -0.4 is 10.6 Å². The number of rotatable bonds is 6. The molecule has 1 atom stereocenters. The van der Waals surface area contributed by atoms with Crippen LogP contribution in [0.4, 0.5) is 0 Å². The van der Waals surface area contributed by atoms with Gasteiger partial charge in [-0.2, -0.15) is 0 Å². The second kappa shape index (κ2) is 8.73. The number of imidazole rings is 1. The zero-order chi connectivity index (χ0) is 18.5. The molecule has 0 amide bonds. The molecule has 3 aromatic rings. The lowest BCUT2D eigenvalue weighted by Crippen LogP contribution is -2.39. The number of fused-ring (bicyclic) bond motifs is 1. The summed E-state index contributed by atoms with van der Waals surface area (Å²) >= 11 is 13.6. The first-order valence-corrected chi connectivity index (χ1v) is 9.76. The Morgan fingerprint density at radius 1 is 1.31 bits per heavy atom. The predicted octanol–water partition coefficient (Wildman–Crippen LogP) is 3.49. The first-order valence-electron chi connectivity index (χ1n) is 8.12. The number of aliphatic imine (C=N–C) groups is 1. The van der Waals surface area contributed by atoms with E-state index in [1.165, 1.54) is 0 Å². The lowest BCUT2D eigenvalue weighted by molar-refractivity contribution is 0.181. The van der Waals surface area contributed by atoms with Crippen LogP contribution in [0.1, 0.15) is 24.3 Å². The highest BCUT2D eigenvalue weighted by Crippen LogP contribution is 2.23. The SMILES string of the molecule is CCNC(=NCc1cn2ccsc2n1)NCC(O)c1cc(Cl)cc(Cl)c1. The van der Waals surface area contributed by atoms with Gasteiger partial charge in [0.1, 0.15) is 0 Å². The van der Waals surface area contributed by atoms with Crippen LogP contribution in [0.3, 0.4) is 0 Å². The molecule has 0 saturated heterocycles. The maximum absolute atomic E-state index is 10.4. The molecule has 0 aliphatic rings. The van der Waals surface area contributed by atoms with E-state index in [1.54, 1.807) is 29.5 Å². The molecular weight excluding hydrogens is 393 g/mol. The molecule has 26 heavy (non-hydrogen) atoms. The van der Waals surface area contributed by atoms with Gasteiger partial charge in [-0.05, 0) is 30.7 Å². The van der Waals surface area contributed by atoms with Gasteiger partial charge in [-0.1, -0.05) is 23.2 Å². The number of hydrogen-bond donors (Lipinski definition) is 3. The van der Waals surface area contributed by atoms with Gasteiger partial charge in [0, 0.05) is 40.9 Å². The van der Waals surface area contributed by atoms with Crippen LogP contribution >= 0.6 is 34.5 Å². The molecule has 0 saturated carbocycles. The summed E-state index contributed by atoms with van der Waals surface area (Å²) in [4.78, 5) is 9.97. The summed E-state index contributed by atoms with van der Waals surface area (Å²) in [6, 6.07) is 5.03. The van der Waals surface area contributed by atoms with E-state index in [1.807, 2.05) is 29.1 Å². The van der Waals surface area contributed by atoms with Gasteiger partial charge in [-0.25, -0.2) is 9.98 Å². The molecule has 9 heteroatoms. The minimum Gasteiger partial charge on any atom is -0.387 e. The van der Waals surface area contributed by atoms with Crippen LogP contribution in [0.25, 0.3) is 4.96 Å². The van der Waals surface area contributed by atoms with Crippen LogP contribution in [0.15, 0.2) is 41.0 Å². The normalized spacial score (nSPS) is 13.2. The van der Waals surface area contributed by atoms with E-state index in [9.17, 15) is 5.11 Å². The third-order valence-electron chi connectivity index (χ3n) is 3.62. The number of guanidine groups is 1. The molecule has 138 valence electrons. The van der Waals surface area contributed by atoms with Gasteiger partial charge < -0.3 is 15.7 Å². The van der Waals surface area contributed by atoms with Gasteiger partial charge in [0.2, 0.25) is 0 Å². The second-order valence-electron chi connectivity index (χ2n) is 5.62. The van der Waals surface area contributed by atoms with Gasteiger partial charge in [0.15, 0.2) is 10.9 Å². The van der Waals surface area contributed by atoms with Gasteiger partial charge in [0.25, 0.3) is 0 Å². The number of hydrogen-bond acceptors (Lipinski definition) is 4. The molecule has 3 N–H and O–H groups in total. The average molecular weight is 412 g/mol. The first-order chi connectivity index (χ1) is 12.5. The Bertz CT molecular complexity index is 859. The standard InChI is InChI=1S/C17H19Cl2N5OS/c1-2-20-16(21-8-14-10-24-3-4-26-17(24)23-14)22-9-15(25)11-5-12(18)7-13(19)6-11/h3-7,10,15,25H,2,8-9H2,1H3,(H2,20,21,22). The highest BCUT2D eigenvalue weighted by molar-refractivity contribution is 7.15. The third kappa shape index (κ3) is 4.88. The summed E-state index contributed by atoms with van der Waals surface area (Å²) in [5, 5.41) is 19.6. The fourth-order valence-corrected chi connectivity index (χ4v) is 3.69. The fourth-order valence-electron chi connectivity index (χ4n) is 2.43. The molecular formula is C17H19Cl2N5OS. The highest BCUT2D eigenvalue weighted by Gasteiger charge is 2.11. The number of thiazole rings is 1. The second-order valence-corrected chi connectivity index (χ2v) is 7.37. The largest absolute Gasteiger partial charge is 0.387 e. The number of aliphatic hydroxyl groups is 1. The summed E-state index contributed by atoms with van der Waals surface area (Å²) in [5.74, 6) is 0.607. The van der Waals surface area contributed by atoms with E-state index in [4.69, 9.17) is 23.2 Å². The van der Waals surface area contributed by atoms with E-state index in [0.717, 1.165) is 10.7 Å². The topological polar surface area (TPSA) is 74.0 Å². The Kier molecular flexibility index (Phi) is 6.37. The van der Waals surface area contributed by atoms with Crippen molar-refractivity contribution in [2.75, 3.05) is 13.1 Å². The molecule has 0 aliphatic carbocycles. The lowest BCUT2D eigenvalue weighted by Gasteiger charge is -2.16. The smallest absolute Gasteiger partial charge is 0.193 e. The van der Waals surface area contributed by atoms with E-state index < -0.39 is 6.10 Å². The van der Waals surface area contributed by atoms with Gasteiger partial charge >= 0.3 is 0 Å².